The van der Waals surface area contributed by atoms with Crippen molar-refractivity contribution in [2.75, 3.05) is 58.6 Å². The van der Waals surface area contributed by atoms with Gasteiger partial charge in [0.25, 0.3) is 0 Å². The van der Waals surface area contributed by atoms with Gasteiger partial charge < -0.3 is 19.7 Å². The first-order valence-corrected chi connectivity index (χ1v) is 13.1. The lowest BCUT2D eigenvalue weighted by Gasteiger charge is -2.22. The highest BCUT2D eigenvalue weighted by atomic mass is 32.2. The smallest absolute Gasteiger partial charge is 0.240 e. The maximum Gasteiger partial charge on any atom is 0.240 e. The molecule has 1 aliphatic rings. The summed E-state index contributed by atoms with van der Waals surface area (Å²) < 4.78 is 12.7. The van der Waals surface area contributed by atoms with E-state index in [0.29, 0.717) is 30.4 Å². The molecule has 10 heteroatoms. The number of aryl methyl sites for hydroxylation is 1. The number of amides is 2. The Labute approximate surface area is 221 Å². The second-order valence-electron chi connectivity index (χ2n) is 9.01. The predicted molar refractivity (Wildman–Crippen MR) is 146 cm³/mol. The highest BCUT2D eigenvalue weighted by Crippen LogP contribution is 2.48. The molecule has 196 valence electrons. The van der Waals surface area contributed by atoms with Gasteiger partial charge in [-0.3, -0.25) is 19.2 Å². The molecule has 1 atom stereocenters. The first-order chi connectivity index (χ1) is 17.8. The van der Waals surface area contributed by atoms with Gasteiger partial charge in [0.1, 0.15) is 12.4 Å². The minimum atomic E-state index is -0.218. The summed E-state index contributed by atoms with van der Waals surface area (Å²) >= 11 is 1.52. The lowest BCUT2D eigenvalue weighted by Crippen LogP contribution is -2.43. The second kappa shape index (κ2) is 11.7. The molecular weight excluding hydrogens is 490 g/mol. The zero-order valence-corrected chi connectivity index (χ0v) is 22.7. The van der Waals surface area contributed by atoms with Gasteiger partial charge in [0.2, 0.25) is 11.8 Å². The van der Waals surface area contributed by atoms with Crippen LogP contribution < -0.4 is 19.7 Å². The number of hydrogen-bond acceptors (Lipinski definition) is 7. The fourth-order valence-corrected chi connectivity index (χ4v) is 5.58. The standard InChI is InChI=1S/C27H33N5O4S/c1-30(2)14-13-28-22(33)16-32-23(34)17-37-26(19-11-12-20(35-4)21(15-19)36-5)24-25(29-31(3)27(24)32)18-9-7-6-8-10-18/h6-12,15,26H,13-14,16-17H2,1-5H3,(H,28,33)/t26-/m1/s1. The van der Waals surface area contributed by atoms with Gasteiger partial charge in [-0.05, 0) is 31.8 Å². The largest absolute Gasteiger partial charge is 0.493 e. The Balaban J connectivity index is 1.81. The van der Waals surface area contributed by atoms with Gasteiger partial charge in [-0.25, -0.2) is 0 Å². The number of ether oxygens (including phenoxy) is 2. The third-order valence-corrected chi connectivity index (χ3v) is 7.44. The molecule has 0 unspecified atom stereocenters. The van der Waals surface area contributed by atoms with E-state index in [1.807, 2.05) is 74.6 Å². The molecule has 0 radical (unpaired) electrons. The summed E-state index contributed by atoms with van der Waals surface area (Å²) in [5.41, 5.74) is 3.56. The molecule has 9 nitrogen and oxygen atoms in total. The van der Waals surface area contributed by atoms with Crippen molar-refractivity contribution in [1.29, 1.82) is 0 Å². The van der Waals surface area contributed by atoms with E-state index in [4.69, 9.17) is 14.6 Å². The van der Waals surface area contributed by atoms with E-state index in [1.54, 1.807) is 23.8 Å². The van der Waals surface area contributed by atoms with Crippen molar-refractivity contribution >= 4 is 29.4 Å². The molecule has 2 aromatic carbocycles. The van der Waals surface area contributed by atoms with Gasteiger partial charge in [0, 0.05) is 31.3 Å². The van der Waals surface area contributed by atoms with Crippen molar-refractivity contribution in [3.63, 3.8) is 0 Å². The summed E-state index contributed by atoms with van der Waals surface area (Å²) in [7, 11) is 8.92. The van der Waals surface area contributed by atoms with Crippen LogP contribution in [0.15, 0.2) is 48.5 Å². The summed E-state index contributed by atoms with van der Waals surface area (Å²) in [5, 5.41) is 7.55. The van der Waals surface area contributed by atoms with Gasteiger partial charge in [0.15, 0.2) is 11.5 Å². The summed E-state index contributed by atoms with van der Waals surface area (Å²) in [6.45, 7) is 1.14. The van der Waals surface area contributed by atoms with E-state index in [-0.39, 0.29) is 29.4 Å². The molecule has 3 aromatic rings. The van der Waals surface area contributed by atoms with Crippen LogP contribution in [-0.4, -0.2) is 80.2 Å². The third-order valence-electron chi connectivity index (χ3n) is 6.19. The SMILES string of the molecule is COc1ccc([C@H]2SCC(=O)N(CC(=O)NCCN(C)C)c3c2c(-c2ccccc2)nn3C)cc1OC. The number of anilines is 1. The van der Waals surface area contributed by atoms with Crippen molar-refractivity contribution in [3.05, 3.63) is 59.7 Å². The lowest BCUT2D eigenvalue weighted by atomic mass is 9.99. The monoisotopic (exact) mass is 523 g/mol. The number of aromatic nitrogens is 2. The molecule has 0 aliphatic carbocycles. The van der Waals surface area contributed by atoms with E-state index in [1.165, 1.54) is 11.8 Å². The summed E-state index contributed by atoms with van der Waals surface area (Å²) in [5.74, 6) is 1.73. The Bertz CT molecular complexity index is 1260. The molecule has 2 heterocycles. The fraction of sp³-hybridized carbons (Fsp3) is 0.370. The van der Waals surface area contributed by atoms with Gasteiger partial charge in [0.05, 0.1) is 30.9 Å². The zero-order chi connectivity index (χ0) is 26.5. The third kappa shape index (κ3) is 5.75. The van der Waals surface area contributed by atoms with Gasteiger partial charge in [-0.2, -0.15) is 5.10 Å². The van der Waals surface area contributed by atoms with E-state index in [9.17, 15) is 9.59 Å². The molecule has 4 rings (SSSR count). The Kier molecular flexibility index (Phi) is 8.40. The molecule has 0 bridgehead atoms. The number of fused-ring (bicyclic) bond motifs is 1. The summed E-state index contributed by atoms with van der Waals surface area (Å²) in [6, 6.07) is 15.7. The van der Waals surface area contributed by atoms with E-state index in [0.717, 1.165) is 22.4 Å². The summed E-state index contributed by atoms with van der Waals surface area (Å²) in [4.78, 5) is 29.8. The van der Waals surface area contributed by atoms with Crippen LogP contribution in [0.4, 0.5) is 5.82 Å². The number of nitrogens with zero attached hydrogens (tertiary/aromatic N) is 4. The van der Waals surface area contributed by atoms with E-state index < -0.39 is 0 Å². The van der Waals surface area contributed by atoms with Crippen LogP contribution in [0, 0.1) is 0 Å². The van der Waals surface area contributed by atoms with Crippen LogP contribution in [0.2, 0.25) is 0 Å². The van der Waals surface area contributed by atoms with Crippen molar-refractivity contribution < 1.29 is 19.1 Å². The predicted octanol–water partition coefficient (Wildman–Crippen LogP) is 2.95. The van der Waals surface area contributed by atoms with Crippen LogP contribution >= 0.6 is 11.8 Å². The molecular formula is C27H33N5O4S. The van der Waals surface area contributed by atoms with Crippen LogP contribution in [-0.2, 0) is 16.6 Å². The number of rotatable bonds is 9. The Hall–Kier alpha value is -3.50. The van der Waals surface area contributed by atoms with Crippen molar-refractivity contribution in [2.24, 2.45) is 7.05 Å². The average Bonchev–Trinajstić information content (AvgIpc) is 3.16. The van der Waals surface area contributed by atoms with Gasteiger partial charge in [-0.15, -0.1) is 11.8 Å². The molecule has 1 N–H and O–H groups in total. The highest BCUT2D eigenvalue weighted by Gasteiger charge is 2.36. The Morgan fingerprint density at radius 3 is 2.54 bits per heavy atom. The van der Waals surface area contributed by atoms with E-state index in [2.05, 4.69) is 5.32 Å². The van der Waals surface area contributed by atoms with Crippen LogP contribution in [0.1, 0.15) is 16.4 Å². The zero-order valence-electron chi connectivity index (χ0n) is 21.9. The number of benzene rings is 2. The number of hydrogen-bond donors (Lipinski definition) is 1. The Morgan fingerprint density at radius 2 is 1.86 bits per heavy atom. The molecule has 1 aliphatic heterocycles. The van der Waals surface area contributed by atoms with Gasteiger partial charge >= 0.3 is 0 Å². The normalized spacial score (nSPS) is 15.4. The minimum absolute atomic E-state index is 0.0771. The molecule has 0 spiro atoms. The first-order valence-electron chi connectivity index (χ1n) is 12.0. The fourth-order valence-electron chi connectivity index (χ4n) is 4.40. The number of carbonyl (C=O) groups excluding carboxylic acids is 2. The quantitative estimate of drug-likeness (QED) is 0.461. The average molecular weight is 524 g/mol. The first kappa shape index (κ1) is 26.6. The van der Waals surface area contributed by atoms with Crippen molar-refractivity contribution in [3.8, 4) is 22.8 Å². The van der Waals surface area contributed by atoms with Gasteiger partial charge in [-0.1, -0.05) is 36.4 Å². The van der Waals surface area contributed by atoms with Crippen molar-refractivity contribution in [1.82, 2.24) is 20.0 Å². The number of thioether (sulfide) groups is 1. The molecule has 2 amide bonds. The number of nitrogens with one attached hydrogen (secondary N) is 1. The van der Waals surface area contributed by atoms with Crippen LogP contribution in [0.3, 0.4) is 0 Å². The lowest BCUT2D eigenvalue weighted by molar-refractivity contribution is -0.122. The second-order valence-corrected chi connectivity index (χ2v) is 10.1. The topological polar surface area (TPSA) is 88.9 Å². The summed E-state index contributed by atoms with van der Waals surface area (Å²) in [6.07, 6.45) is 0. The molecule has 0 fully saturated rings. The number of carbonyl (C=O) groups is 2. The Morgan fingerprint density at radius 1 is 1.14 bits per heavy atom. The maximum absolute atomic E-state index is 13.4. The van der Waals surface area contributed by atoms with Crippen LogP contribution in [0.5, 0.6) is 11.5 Å². The number of likely N-dealkylation sites (N-methyl/N-ethyl adjacent to an activating group) is 1. The van der Waals surface area contributed by atoms with E-state index >= 15 is 0 Å². The minimum Gasteiger partial charge on any atom is -0.493 e. The molecule has 37 heavy (non-hydrogen) atoms. The van der Waals surface area contributed by atoms with Crippen LogP contribution in [0.25, 0.3) is 11.3 Å². The molecule has 0 saturated carbocycles. The number of methoxy groups -OCH3 is 2. The highest BCUT2D eigenvalue weighted by molar-refractivity contribution is 8.00. The molecule has 0 saturated heterocycles. The molecule has 1 aromatic heterocycles. The van der Waals surface area contributed by atoms with Crippen molar-refractivity contribution in [2.45, 2.75) is 5.25 Å². The maximum atomic E-state index is 13.4.